The van der Waals surface area contributed by atoms with Crippen LogP contribution in [-0.4, -0.2) is 41.6 Å². The maximum atomic E-state index is 11.2. The fraction of sp³-hybridized carbons (Fsp3) is 0.222. The summed E-state index contributed by atoms with van der Waals surface area (Å²) in [5, 5.41) is 19.1. The molecule has 1 aromatic carbocycles. The number of carboxylic acid groups (broad SMARTS) is 1. The first-order valence-electron chi connectivity index (χ1n) is 11.9. The minimum atomic E-state index is -0.931. The maximum absolute atomic E-state index is 11.2. The minimum absolute atomic E-state index is 0.0258. The summed E-state index contributed by atoms with van der Waals surface area (Å²) in [7, 11) is 0. The average Bonchev–Trinajstić information content (AvgIpc) is 3.41. The van der Waals surface area contributed by atoms with E-state index in [4.69, 9.17) is 10.5 Å². The number of aliphatic carboxylic acids is 1. The third-order valence-electron chi connectivity index (χ3n) is 6.28. The molecule has 5 rings (SSSR count). The number of ether oxygens (including phenoxy) is 1. The van der Waals surface area contributed by atoms with E-state index in [9.17, 15) is 9.90 Å². The number of thioether (sulfide) groups is 1. The zero-order chi connectivity index (χ0) is 26.8. The summed E-state index contributed by atoms with van der Waals surface area (Å²) in [6.45, 7) is 6.21. The summed E-state index contributed by atoms with van der Waals surface area (Å²) in [6.07, 6.45) is 7.95. The fourth-order valence-electron chi connectivity index (χ4n) is 4.29. The van der Waals surface area contributed by atoms with Gasteiger partial charge in [-0.25, -0.2) is 0 Å². The van der Waals surface area contributed by atoms with E-state index in [-0.39, 0.29) is 24.3 Å². The van der Waals surface area contributed by atoms with Crippen LogP contribution in [0.4, 0.5) is 5.82 Å². The van der Waals surface area contributed by atoms with E-state index in [2.05, 4.69) is 40.1 Å². The Morgan fingerprint density at radius 2 is 1.92 bits per heavy atom. The second kappa shape index (κ2) is 10.8. The van der Waals surface area contributed by atoms with Gasteiger partial charge in [0.15, 0.2) is 17.6 Å². The van der Waals surface area contributed by atoms with E-state index >= 15 is 0 Å². The molecule has 3 heterocycles. The molecule has 1 unspecified atom stereocenters. The zero-order valence-electron chi connectivity index (χ0n) is 21.1. The molecule has 0 saturated heterocycles. The van der Waals surface area contributed by atoms with Crippen molar-refractivity contribution in [3.8, 4) is 17.1 Å². The van der Waals surface area contributed by atoms with Crippen molar-refractivity contribution in [2.75, 3.05) is 11.5 Å². The number of nitrogens with zero attached hydrogens (tertiary/aromatic N) is 5. The van der Waals surface area contributed by atoms with Crippen molar-refractivity contribution < 1.29 is 14.6 Å². The lowest BCUT2D eigenvalue weighted by Gasteiger charge is -2.20. The molecule has 0 radical (unpaired) electrons. The summed E-state index contributed by atoms with van der Waals surface area (Å²) >= 11 is 2.65. The Balaban J connectivity index is 1.47. The second-order valence-corrected chi connectivity index (χ2v) is 10.9. The van der Waals surface area contributed by atoms with Crippen LogP contribution >= 0.6 is 23.1 Å². The first-order valence-corrected chi connectivity index (χ1v) is 13.7. The summed E-state index contributed by atoms with van der Waals surface area (Å²) < 4.78 is 7.85. The molecule has 3 aromatic heterocycles. The van der Waals surface area contributed by atoms with Gasteiger partial charge in [0.05, 0.1) is 11.1 Å². The van der Waals surface area contributed by atoms with Crippen LogP contribution in [0, 0.1) is 12.8 Å². The van der Waals surface area contributed by atoms with Gasteiger partial charge in [0.2, 0.25) is 0 Å². The highest BCUT2D eigenvalue weighted by molar-refractivity contribution is 7.99. The lowest BCUT2D eigenvalue weighted by atomic mass is 9.99. The smallest absolute Gasteiger partial charge is 0.320 e. The van der Waals surface area contributed by atoms with E-state index in [1.54, 1.807) is 0 Å². The van der Waals surface area contributed by atoms with Crippen LogP contribution in [0.1, 0.15) is 24.5 Å². The molecule has 1 aliphatic carbocycles. The van der Waals surface area contributed by atoms with Crippen LogP contribution in [0.3, 0.4) is 0 Å². The number of rotatable bonds is 8. The van der Waals surface area contributed by atoms with Crippen LogP contribution in [0.5, 0.6) is 6.01 Å². The number of fused-ring (bicyclic) bond motifs is 1. The normalized spacial score (nSPS) is 15.3. The molecule has 0 bridgehead atoms. The Kier molecular flexibility index (Phi) is 7.30. The Hall–Kier alpha value is -3.96. The summed E-state index contributed by atoms with van der Waals surface area (Å²) in [5.41, 5.74) is 10.6. The number of allylic oxidation sites excluding steroid dienone is 6. The number of nitrogen functional groups attached to an aromatic ring is 1. The van der Waals surface area contributed by atoms with E-state index in [0.717, 1.165) is 49.3 Å². The highest BCUT2D eigenvalue weighted by Gasteiger charge is 2.23. The molecule has 0 fully saturated rings. The van der Waals surface area contributed by atoms with Gasteiger partial charge in [-0.15, -0.1) is 21.5 Å². The average molecular weight is 547 g/mol. The number of hydrogen-bond donors (Lipinski definition) is 2. The number of aryl methyl sites for hydroxylation is 1. The molecule has 1 atom stereocenters. The van der Waals surface area contributed by atoms with Crippen LogP contribution in [-0.2, 0) is 11.4 Å². The number of aromatic nitrogens is 5. The van der Waals surface area contributed by atoms with Gasteiger partial charge in [-0.1, -0.05) is 72.8 Å². The number of carbonyl (C=O) groups is 1. The van der Waals surface area contributed by atoms with Crippen LogP contribution in [0.25, 0.3) is 27.0 Å². The Morgan fingerprint density at radius 1 is 1.16 bits per heavy atom. The number of carboxylic acids is 1. The Labute approximate surface area is 227 Å². The number of benzene rings is 1. The molecule has 38 heavy (non-hydrogen) atoms. The third-order valence-corrected chi connectivity index (χ3v) is 8.19. The highest BCUT2D eigenvalue weighted by atomic mass is 32.2. The number of nitrogens with two attached hydrogens (primary N) is 1. The first kappa shape index (κ1) is 25.7. The monoisotopic (exact) mass is 546 g/mol. The molecule has 9 nitrogen and oxygen atoms in total. The molecule has 0 saturated carbocycles. The van der Waals surface area contributed by atoms with Gasteiger partial charge in [-0.2, -0.15) is 9.97 Å². The number of thiophene rings is 1. The molecule has 194 valence electrons. The van der Waals surface area contributed by atoms with Crippen molar-refractivity contribution in [3.05, 3.63) is 70.9 Å². The summed E-state index contributed by atoms with van der Waals surface area (Å²) in [5.74, 6) is -0.160. The van der Waals surface area contributed by atoms with Crippen molar-refractivity contribution in [2.24, 2.45) is 5.92 Å². The van der Waals surface area contributed by atoms with Gasteiger partial charge in [0.25, 0.3) is 0 Å². The van der Waals surface area contributed by atoms with Gasteiger partial charge in [0.1, 0.15) is 10.6 Å². The standard InChI is InChI=1S/C27H26N6O3S2/c1-15-9-7-8-12-19(16(15)2)33-20(31-32-27(33)37-14-21(34)35)13-36-26-29-24(28)23-22(17(3)38-25(23)30-26)18-10-5-4-6-11-18/h4-12,16H,13-14H2,1-3H3,(H,34,35)(H2,28,29,30). The Bertz CT molecular complexity index is 1600. The van der Waals surface area contributed by atoms with Gasteiger partial charge >= 0.3 is 12.0 Å². The molecule has 1 aliphatic rings. The van der Waals surface area contributed by atoms with Gasteiger partial charge in [-0.05, 0) is 25.5 Å². The highest BCUT2D eigenvalue weighted by Crippen LogP contribution is 2.40. The summed E-state index contributed by atoms with van der Waals surface area (Å²) in [6, 6.07) is 10.2. The molecule has 3 N–H and O–H groups in total. The second-order valence-electron chi connectivity index (χ2n) is 8.78. The summed E-state index contributed by atoms with van der Waals surface area (Å²) in [4.78, 5) is 22.2. The van der Waals surface area contributed by atoms with Gasteiger partial charge in [-0.3, -0.25) is 9.36 Å². The molecule has 11 heteroatoms. The van der Waals surface area contributed by atoms with Gasteiger partial charge < -0.3 is 15.6 Å². The van der Waals surface area contributed by atoms with Crippen molar-refractivity contribution >= 4 is 50.8 Å². The quantitative estimate of drug-likeness (QED) is 0.272. The SMILES string of the molecule is CC1=CC=CC=C(n2c(COc3nc(N)c4c(-c5ccccc5)c(C)sc4n3)nnc2SCC(=O)O)C1C. The van der Waals surface area contributed by atoms with Crippen LogP contribution in [0.15, 0.2) is 65.4 Å². The first-order chi connectivity index (χ1) is 18.3. The van der Waals surface area contributed by atoms with E-state index in [0.29, 0.717) is 16.8 Å². The van der Waals surface area contributed by atoms with Crippen molar-refractivity contribution in [1.29, 1.82) is 0 Å². The van der Waals surface area contributed by atoms with Crippen LogP contribution < -0.4 is 10.5 Å². The number of hydrogen-bond acceptors (Lipinski definition) is 9. The van der Waals surface area contributed by atoms with Crippen molar-refractivity contribution in [3.63, 3.8) is 0 Å². The van der Waals surface area contributed by atoms with Crippen molar-refractivity contribution in [1.82, 2.24) is 24.7 Å². The molecular formula is C27H26N6O3S2. The van der Waals surface area contributed by atoms with Crippen molar-refractivity contribution in [2.45, 2.75) is 32.5 Å². The lowest BCUT2D eigenvalue weighted by Crippen LogP contribution is -2.14. The molecule has 0 amide bonds. The predicted octanol–water partition coefficient (Wildman–Crippen LogP) is 5.59. The maximum Gasteiger partial charge on any atom is 0.320 e. The third kappa shape index (κ3) is 5.07. The topological polar surface area (TPSA) is 129 Å². The fourth-order valence-corrected chi connectivity index (χ4v) is 6.02. The van der Waals surface area contributed by atoms with E-state index in [1.807, 2.05) is 60.1 Å². The van der Waals surface area contributed by atoms with Gasteiger partial charge in [0, 0.05) is 22.1 Å². The van der Waals surface area contributed by atoms with E-state index < -0.39 is 5.97 Å². The Morgan fingerprint density at radius 3 is 2.68 bits per heavy atom. The molecule has 0 spiro atoms. The number of anilines is 1. The molecular weight excluding hydrogens is 520 g/mol. The predicted molar refractivity (Wildman–Crippen MR) is 151 cm³/mol. The lowest BCUT2D eigenvalue weighted by molar-refractivity contribution is -0.133. The van der Waals surface area contributed by atoms with E-state index in [1.165, 1.54) is 11.3 Å². The minimum Gasteiger partial charge on any atom is -0.481 e. The zero-order valence-corrected chi connectivity index (χ0v) is 22.7. The largest absolute Gasteiger partial charge is 0.481 e. The molecule has 0 aliphatic heterocycles. The molecule has 4 aromatic rings. The van der Waals surface area contributed by atoms with Crippen LogP contribution in [0.2, 0.25) is 0 Å².